The summed E-state index contributed by atoms with van der Waals surface area (Å²) in [5, 5.41) is 20.7. The van der Waals surface area contributed by atoms with E-state index in [4.69, 9.17) is 14.6 Å². The number of carboxylic acids is 1. The van der Waals surface area contributed by atoms with Crippen molar-refractivity contribution in [3.8, 4) is 0 Å². The zero-order valence-corrected chi connectivity index (χ0v) is 13.7. The van der Waals surface area contributed by atoms with Crippen LogP contribution >= 0.6 is 0 Å². The van der Waals surface area contributed by atoms with Gasteiger partial charge in [-0.25, -0.2) is 14.4 Å². The highest BCUT2D eigenvalue weighted by Gasteiger charge is 2.29. The maximum absolute atomic E-state index is 11.5. The molecule has 0 saturated carbocycles. The zero-order valence-electron chi connectivity index (χ0n) is 13.7. The number of amides is 2. The lowest BCUT2D eigenvalue weighted by molar-refractivity contribution is -0.144. The third-order valence-corrected chi connectivity index (χ3v) is 1.95. The number of hydrogen-bond donors (Lipinski definition) is 3. The molecule has 9 heteroatoms. The molecule has 0 heterocycles. The Balaban J connectivity index is 4.69. The highest BCUT2D eigenvalue weighted by molar-refractivity contribution is 5.81. The predicted octanol–water partition coefficient (Wildman–Crippen LogP) is 1.59. The Morgan fingerprint density at radius 2 is 1.50 bits per heavy atom. The van der Waals surface area contributed by atoms with Crippen LogP contribution in [0.4, 0.5) is 9.59 Å². The van der Waals surface area contributed by atoms with Crippen molar-refractivity contribution >= 4 is 18.2 Å². The van der Waals surface area contributed by atoms with Crippen LogP contribution < -0.4 is 5.32 Å². The summed E-state index contributed by atoms with van der Waals surface area (Å²) in [6.07, 6.45) is -2.10. The van der Waals surface area contributed by atoms with Gasteiger partial charge in [0.2, 0.25) is 0 Å². The van der Waals surface area contributed by atoms with Crippen molar-refractivity contribution in [2.24, 2.45) is 0 Å². The van der Waals surface area contributed by atoms with Gasteiger partial charge in [0.1, 0.15) is 17.2 Å². The smallest absolute Gasteiger partial charge is 0.434 e. The summed E-state index contributed by atoms with van der Waals surface area (Å²) in [5.74, 6) is -1.44. The van der Waals surface area contributed by atoms with Crippen molar-refractivity contribution in [1.29, 1.82) is 0 Å². The molecule has 0 radical (unpaired) electrons. The molecular formula is C13H24N2O7. The fourth-order valence-electron chi connectivity index (χ4n) is 1.20. The third kappa shape index (κ3) is 9.01. The largest absolute Gasteiger partial charge is 0.480 e. The van der Waals surface area contributed by atoms with Crippen LogP contribution in [0.3, 0.4) is 0 Å². The second-order valence-corrected chi connectivity index (χ2v) is 6.60. The first kappa shape index (κ1) is 20.0. The number of nitrogens with one attached hydrogen (secondary N) is 1. The van der Waals surface area contributed by atoms with Gasteiger partial charge in [-0.05, 0) is 41.5 Å². The standard InChI is InChI=1S/C13H24N2O7/c1-12(2,3)21-10(18)14-8(9(16)17)7-15(20)11(19)22-13(4,5)6/h8,20H,7H2,1-6H3,(H,14,18)(H,16,17)/t8-/m0/s1. The van der Waals surface area contributed by atoms with Crippen molar-refractivity contribution in [2.45, 2.75) is 58.8 Å². The molecule has 0 aromatic carbocycles. The molecule has 22 heavy (non-hydrogen) atoms. The van der Waals surface area contributed by atoms with Crippen molar-refractivity contribution in [1.82, 2.24) is 10.4 Å². The Hall–Kier alpha value is -2.03. The number of carboxylic acid groups (broad SMARTS) is 1. The number of nitrogens with zero attached hydrogens (tertiary/aromatic N) is 1. The van der Waals surface area contributed by atoms with Crippen LogP contribution in [0.2, 0.25) is 0 Å². The lowest BCUT2D eigenvalue weighted by Crippen LogP contribution is -2.50. The summed E-state index contributed by atoms with van der Waals surface area (Å²) in [4.78, 5) is 34.2. The lowest BCUT2D eigenvalue weighted by Gasteiger charge is -2.26. The zero-order chi connectivity index (χ0) is 17.7. The van der Waals surface area contributed by atoms with Crippen LogP contribution in [0, 0.1) is 0 Å². The molecule has 2 amide bonds. The van der Waals surface area contributed by atoms with Crippen LogP contribution in [0.1, 0.15) is 41.5 Å². The normalized spacial score (nSPS) is 13.0. The van der Waals surface area contributed by atoms with E-state index in [0.29, 0.717) is 0 Å². The van der Waals surface area contributed by atoms with Crippen molar-refractivity contribution < 1.29 is 34.2 Å². The van der Waals surface area contributed by atoms with E-state index in [1.54, 1.807) is 41.5 Å². The lowest BCUT2D eigenvalue weighted by atomic mass is 10.2. The minimum atomic E-state index is -1.55. The molecule has 0 fully saturated rings. The quantitative estimate of drug-likeness (QED) is 0.530. The van der Waals surface area contributed by atoms with E-state index in [0.717, 1.165) is 0 Å². The summed E-state index contributed by atoms with van der Waals surface area (Å²) in [6.45, 7) is 8.92. The summed E-state index contributed by atoms with van der Waals surface area (Å²) < 4.78 is 9.78. The van der Waals surface area contributed by atoms with E-state index >= 15 is 0 Å². The molecule has 0 saturated heterocycles. The molecule has 0 unspecified atom stereocenters. The Labute approximate surface area is 129 Å². The topological polar surface area (TPSA) is 125 Å². The maximum Gasteiger partial charge on any atom is 0.434 e. The Morgan fingerprint density at radius 3 is 1.86 bits per heavy atom. The number of hydroxylamine groups is 2. The summed E-state index contributed by atoms with van der Waals surface area (Å²) in [7, 11) is 0. The Bertz CT molecular complexity index is 423. The van der Waals surface area contributed by atoms with Gasteiger partial charge in [-0.3, -0.25) is 5.21 Å². The van der Waals surface area contributed by atoms with E-state index < -0.39 is 41.9 Å². The van der Waals surface area contributed by atoms with Crippen LogP contribution in [0.5, 0.6) is 0 Å². The maximum atomic E-state index is 11.5. The van der Waals surface area contributed by atoms with Gasteiger partial charge in [-0.2, -0.15) is 5.06 Å². The van der Waals surface area contributed by atoms with E-state index in [1.807, 2.05) is 0 Å². The van der Waals surface area contributed by atoms with E-state index in [1.165, 1.54) is 0 Å². The molecule has 3 N–H and O–H groups in total. The molecular weight excluding hydrogens is 296 g/mol. The molecule has 0 rings (SSSR count). The molecule has 0 spiro atoms. The van der Waals surface area contributed by atoms with Gasteiger partial charge in [-0.1, -0.05) is 0 Å². The molecule has 0 aliphatic heterocycles. The fraction of sp³-hybridized carbons (Fsp3) is 0.769. The number of carbonyl (C=O) groups is 3. The molecule has 1 atom stereocenters. The fourth-order valence-corrected chi connectivity index (χ4v) is 1.20. The van der Waals surface area contributed by atoms with Gasteiger partial charge in [-0.15, -0.1) is 0 Å². The van der Waals surface area contributed by atoms with Gasteiger partial charge < -0.3 is 19.9 Å². The van der Waals surface area contributed by atoms with Gasteiger partial charge in [0.25, 0.3) is 0 Å². The first-order valence-corrected chi connectivity index (χ1v) is 6.63. The number of rotatable bonds is 4. The average Bonchev–Trinajstić information content (AvgIpc) is 2.22. The number of ether oxygens (including phenoxy) is 2. The summed E-state index contributed by atoms with van der Waals surface area (Å²) in [6, 6.07) is -1.55. The highest BCUT2D eigenvalue weighted by atomic mass is 16.6. The summed E-state index contributed by atoms with van der Waals surface area (Å²) in [5.41, 5.74) is -1.66. The Kier molecular flexibility index (Phi) is 6.63. The molecule has 0 aromatic rings. The van der Waals surface area contributed by atoms with Crippen LogP contribution in [-0.2, 0) is 14.3 Å². The number of carbonyl (C=O) groups excluding carboxylic acids is 2. The molecule has 128 valence electrons. The van der Waals surface area contributed by atoms with E-state index in [9.17, 15) is 19.6 Å². The molecule has 0 bridgehead atoms. The van der Waals surface area contributed by atoms with Crippen LogP contribution in [-0.4, -0.2) is 57.3 Å². The monoisotopic (exact) mass is 320 g/mol. The summed E-state index contributed by atoms with van der Waals surface area (Å²) >= 11 is 0. The highest BCUT2D eigenvalue weighted by Crippen LogP contribution is 2.10. The van der Waals surface area contributed by atoms with E-state index in [2.05, 4.69) is 5.32 Å². The first-order chi connectivity index (χ1) is 9.71. The van der Waals surface area contributed by atoms with Crippen molar-refractivity contribution in [3.63, 3.8) is 0 Å². The molecule has 9 nitrogen and oxygen atoms in total. The predicted molar refractivity (Wildman–Crippen MR) is 75.5 cm³/mol. The SMILES string of the molecule is CC(C)(C)OC(=O)N[C@@H](CN(O)C(=O)OC(C)(C)C)C(=O)O. The number of hydrogen-bond acceptors (Lipinski definition) is 6. The van der Waals surface area contributed by atoms with Crippen LogP contribution in [0.15, 0.2) is 0 Å². The number of alkyl carbamates (subject to hydrolysis) is 1. The Morgan fingerprint density at radius 1 is 1.05 bits per heavy atom. The molecule has 0 aliphatic carbocycles. The van der Waals surface area contributed by atoms with Crippen molar-refractivity contribution in [3.05, 3.63) is 0 Å². The second kappa shape index (κ2) is 7.30. The van der Waals surface area contributed by atoms with Gasteiger partial charge in [0.05, 0.1) is 6.54 Å². The minimum absolute atomic E-state index is 0.0847. The minimum Gasteiger partial charge on any atom is -0.480 e. The van der Waals surface area contributed by atoms with Gasteiger partial charge in [0.15, 0.2) is 0 Å². The number of aliphatic carboxylic acids is 1. The van der Waals surface area contributed by atoms with Gasteiger partial charge >= 0.3 is 18.2 Å². The third-order valence-electron chi connectivity index (χ3n) is 1.95. The molecule has 0 aromatic heterocycles. The molecule has 0 aliphatic rings. The average molecular weight is 320 g/mol. The van der Waals surface area contributed by atoms with Gasteiger partial charge in [0, 0.05) is 0 Å². The second-order valence-electron chi connectivity index (χ2n) is 6.60. The van der Waals surface area contributed by atoms with E-state index in [-0.39, 0.29) is 5.06 Å². The first-order valence-electron chi connectivity index (χ1n) is 6.63. The van der Waals surface area contributed by atoms with Crippen LogP contribution in [0.25, 0.3) is 0 Å². The van der Waals surface area contributed by atoms with Crippen molar-refractivity contribution in [2.75, 3.05) is 6.54 Å².